The monoisotopic (exact) mass is 340 g/mol. The van der Waals surface area contributed by atoms with Crippen LogP contribution in [-0.4, -0.2) is 48.7 Å². The Labute approximate surface area is 149 Å². The molecule has 0 bridgehead atoms. The van der Waals surface area contributed by atoms with Gasteiger partial charge in [-0.3, -0.25) is 9.69 Å². The van der Waals surface area contributed by atoms with Crippen LogP contribution < -0.4 is 5.32 Å². The summed E-state index contributed by atoms with van der Waals surface area (Å²) < 4.78 is 0. The molecule has 0 aliphatic rings. The topological polar surface area (TPSA) is 52.6 Å². The smallest absolute Gasteiger partial charge is 0.220 e. The van der Waals surface area contributed by atoms with Crippen LogP contribution >= 0.6 is 0 Å². The first-order chi connectivity index (χ1) is 11.7. The summed E-state index contributed by atoms with van der Waals surface area (Å²) in [5.41, 5.74) is 0. The highest BCUT2D eigenvalue weighted by Gasteiger charge is 2.06. The van der Waals surface area contributed by atoms with E-state index in [1.54, 1.807) is 0 Å². The van der Waals surface area contributed by atoms with Crippen molar-refractivity contribution in [3.05, 3.63) is 12.7 Å². The van der Waals surface area contributed by atoms with E-state index in [1.807, 2.05) is 6.08 Å². The second-order valence-electron chi connectivity index (χ2n) is 6.57. The number of allylic oxidation sites excluding steroid dienone is 1. The second kappa shape index (κ2) is 18.5. The van der Waals surface area contributed by atoms with Gasteiger partial charge < -0.3 is 10.4 Å². The Morgan fingerprint density at radius 2 is 1.71 bits per heavy atom. The van der Waals surface area contributed by atoms with Crippen molar-refractivity contribution in [2.75, 3.05) is 32.8 Å². The van der Waals surface area contributed by atoms with Crippen LogP contribution in [0.2, 0.25) is 0 Å². The highest BCUT2D eigenvalue weighted by atomic mass is 16.3. The fraction of sp³-hybridized carbons (Fsp3) is 0.850. The molecule has 0 atom stereocenters. The third-order valence-corrected chi connectivity index (χ3v) is 4.31. The first kappa shape index (κ1) is 23.1. The lowest BCUT2D eigenvalue weighted by Crippen LogP contribution is -2.36. The second-order valence-corrected chi connectivity index (χ2v) is 6.57. The molecular weight excluding hydrogens is 300 g/mol. The van der Waals surface area contributed by atoms with Gasteiger partial charge in [0.15, 0.2) is 0 Å². The number of nitrogens with one attached hydrogen (secondary N) is 1. The van der Waals surface area contributed by atoms with Crippen molar-refractivity contribution in [1.82, 2.24) is 10.2 Å². The van der Waals surface area contributed by atoms with Gasteiger partial charge in [0.1, 0.15) is 0 Å². The molecule has 142 valence electrons. The average Bonchev–Trinajstić information content (AvgIpc) is 2.57. The van der Waals surface area contributed by atoms with Gasteiger partial charge >= 0.3 is 0 Å². The first-order valence-electron chi connectivity index (χ1n) is 9.95. The summed E-state index contributed by atoms with van der Waals surface area (Å²) >= 11 is 0. The summed E-state index contributed by atoms with van der Waals surface area (Å²) in [4.78, 5) is 14.0. The van der Waals surface area contributed by atoms with E-state index in [0.29, 0.717) is 19.5 Å². The normalized spacial score (nSPS) is 11.0. The molecule has 0 heterocycles. The minimum absolute atomic E-state index is 0.167. The van der Waals surface area contributed by atoms with Crippen LogP contribution in [0, 0.1) is 0 Å². The van der Waals surface area contributed by atoms with Crippen molar-refractivity contribution in [3.63, 3.8) is 0 Å². The number of nitrogens with zero attached hydrogens (tertiary/aromatic N) is 1. The number of hydrogen-bond acceptors (Lipinski definition) is 3. The van der Waals surface area contributed by atoms with Gasteiger partial charge in [0.2, 0.25) is 5.91 Å². The maximum Gasteiger partial charge on any atom is 0.220 e. The molecule has 0 aromatic carbocycles. The van der Waals surface area contributed by atoms with Crippen LogP contribution in [0.25, 0.3) is 0 Å². The number of carbonyl (C=O) groups is 1. The third kappa shape index (κ3) is 16.0. The molecule has 2 N–H and O–H groups in total. The summed E-state index contributed by atoms with van der Waals surface area (Å²) in [5, 5.41) is 12.2. The number of carbonyl (C=O) groups excluding carboxylic acids is 1. The fourth-order valence-electron chi connectivity index (χ4n) is 2.79. The molecular formula is C20H40N2O2. The van der Waals surface area contributed by atoms with Gasteiger partial charge in [-0.15, -0.1) is 6.58 Å². The largest absolute Gasteiger partial charge is 0.395 e. The molecule has 0 aromatic rings. The molecule has 0 spiro atoms. The lowest BCUT2D eigenvalue weighted by atomic mass is 10.1. The van der Waals surface area contributed by atoms with E-state index < -0.39 is 0 Å². The lowest BCUT2D eigenvalue weighted by Gasteiger charge is -2.21. The van der Waals surface area contributed by atoms with Gasteiger partial charge in [0.25, 0.3) is 0 Å². The number of hydrogen-bond donors (Lipinski definition) is 2. The quantitative estimate of drug-likeness (QED) is 0.294. The maximum absolute atomic E-state index is 11.8. The SMILES string of the molecule is C=CCCCCCCN(CCO)CCNC(=O)CCCCCCC. The van der Waals surface area contributed by atoms with Crippen molar-refractivity contribution < 1.29 is 9.90 Å². The number of rotatable bonds is 18. The van der Waals surface area contributed by atoms with E-state index in [9.17, 15) is 4.79 Å². The van der Waals surface area contributed by atoms with Crippen LogP contribution in [0.3, 0.4) is 0 Å². The Balaban J connectivity index is 3.64. The van der Waals surface area contributed by atoms with Crippen molar-refractivity contribution >= 4 is 5.91 Å². The number of amides is 1. The van der Waals surface area contributed by atoms with E-state index in [1.165, 1.54) is 38.5 Å². The first-order valence-corrected chi connectivity index (χ1v) is 9.95. The molecule has 0 aromatic heterocycles. The number of unbranched alkanes of at least 4 members (excludes halogenated alkanes) is 8. The predicted octanol–water partition coefficient (Wildman–Crippen LogP) is 3.89. The standard InChI is InChI=1S/C20H40N2O2/c1-3-5-7-9-11-13-16-22(18-19-23)17-15-21-20(24)14-12-10-8-6-4-2/h3,23H,1,4-19H2,2H3,(H,21,24). The summed E-state index contributed by atoms with van der Waals surface area (Å²) in [6.45, 7) is 9.33. The molecule has 1 amide bonds. The Morgan fingerprint density at radius 1 is 1.00 bits per heavy atom. The summed E-state index contributed by atoms with van der Waals surface area (Å²) in [6.07, 6.45) is 14.5. The van der Waals surface area contributed by atoms with E-state index >= 15 is 0 Å². The van der Waals surface area contributed by atoms with Gasteiger partial charge in [-0.05, 0) is 32.2 Å². The fourth-order valence-corrected chi connectivity index (χ4v) is 2.79. The van der Waals surface area contributed by atoms with Crippen LogP contribution in [0.5, 0.6) is 0 Å². The third-order valence-electron chi connectivity index (χ3n) is 4.31. The molecule has 24 heavy (non-hydrogen) atoms. The molecule has 0 aliphatic carbocycles. The van der Waals surface area contributed by atoms with Gasteiger partial charge in [0, 0.05) is 26.1 Å². The van der Waals surface area contributed by atoms with Crippen molar-refractivity contribution in [3.8, 4) is 0 Å². The zero-order chi connectivity index (χ0) is 17.9. The lowest BCUT2D eigenvalue weighted by molar-refractivity contribution is -0.121. The van der Waals surface area contributed by atoms with Crippen molar-refractivity contribution in [2.45, 2.75) is 77.6 Å². The van der Waals surface area contributed by atoms with Gasteiger partial charge in [-0.1, -0.05) is 51.5 Å². The zero-order valence-electron chi connectivity index (χ0n) is 15.9. The van der Waals surface area contributed by atoms with E-state index in [4.69, 9.17) is 5.11 Å². The Hall–Kier alpha value is -0.870. The van der Waals surface area contributed by atoms with E-state index in [-0.39, 0.29) is 12.5 Å². The molecule has 0 aliphatic heterocycles. The molecule has 0 rings (SSSR count). The summed E-state index contributed by atoms with van der Waals surface area (Å²) in [6, 6.07) is 0. The molecule has 4 heteroatoms. The summed E-state index contributed by atoms with van der Waals surface area (Å²) in [5.74, 6) is 0.167. The van der Waals surface area contributed by atoms with Crippen molar-refractivity contribution in [1.29, 1.82) is 0 Å². The zero-order valence-corrected chi connectivity index (χ0v) is 15.9. The molecule has 0 saturated carbocycles. The minimum atomic E-state index is 0.167. The minimum Gasteiger partial charge on any atom is -0.395 e. The number of aliphatic hydroxyl groups is 1. The maximum atomic E-state index is 11.8. The highest BCUT2D eigenvalue weighted by Crippen LogP contribution is 2.05. The van der Waals surface area contributed by atoms with Gasteiger partial charge in [-0.2, -0.15) is 0 Å². The van der Waals surface area contributed by atoms with E-state index in [2.05, 4.69) is 23.7 Å². The predicted molar refractivity (Wildman–Crippen MR) is 103 cm³/mol. The van der Waals surface area contributed by atoms with Crippen LogP contribution in [0.1, 0.15) is 77.6 Å². The van der Waals surface area contributed by atoms with Crippen LogP contribution in [0.15, 0.2) is 12.7 Å². The van der Waals surface area contributed by atoms with Crippen LogP contribution in [0.4, 0.5) is 0 Å². The molecule has 0 saturated heterocycles. The van der Waals surface area contributed by atoms with Gasteiger partial charge in [-0.25, -0.2) is 0 Å². The van der Waals surface area contributed by atoms with Gasteiger partial charge in [0.05, 0.1) is 6.61 Å². The Morgan fingerprint density at radius 3 is 2.42 bits per heavy atom. The number of aliphatic hydroxyl groups excluding tert-OH is 1. The highest BCUT2D eigenvalue weighted by molar-refractivity contribution is 5.75. The molecule has 0 fully saturated rings. The molecule has 0 unspecified atom stereocenters. The van der Waals surface area contributed by atoms with E-state index in [0.717, 1.165) is 38.8 Å². The molecule has 4 nitrogen and oxygen atoms in total. The van der Waals surface area contributed by atoms with Crippen LogP contribution in [-0.2, 0) is 4.79 Å². The average molecular weight is 341 g/mol. The molecule has 0 radical (unpaired) electrons. The Kier molecular flexibility index (Phi) is 17.8. The Bertz CT molecular complexity index is 295. The summed E-state index contributed by atoms with van der Waals surface area (Å²) in [7, 11) is 0. The van der Waals surface area contributed by atoms with Crippen molar-refractivity contribution in [2.24, 2.45) is 0 Å².